The van der Waals surface area contributed by atoms with Gasteiger partial charge in [-0.05, 0) is 33.8 Å². The van der Waals surface area contributed by atoms with Gasteiger partial charge in [0.05, 0.1) is 30.0 Å². The van der Waals surface area contributed by atoms with E-state index in [9.17, 15) is 4.79 Å². The number of hydrogen-bond donors (Lipinski definition) is 1. The molecule has 0 bridgehead atoms. The van der Waals surface area contributed by atoms with Crippen LogP contribution in [-0.2, 0) is 31.4 Å². The zero-order chi connectivity index (χ0) is 15.6. The van der Waals surface area contributed by atoms with Gasteiger partial charge < -0.3 is 5.32 Å². The molecule has 0 spiro atoms. The van der Waals surface area contributed by atoms with Crippen molar-refractivity contribution in [2.45, 2.75) is 47.2 Å². The van der Waals surface area contributed by atoms with Crippen LogP contribution in [0, 0.1) is 20.8 Å². The fraction of sp³-hybridized carbons (Fsp3) is 0.533. The predicted octanol–water partition coefficient (Wildman–Crippen LogP) is 1.42. The van der Waals surface area contributed by atoms with E-state index in [1.54, 1.807) is 0 Å². The van der Waals surface area contributed by atoms with E-state index in [0.29, 0.717) is 13.0 Å². The molecule has 2 aromatic rings. The summed E-state index contributed by atoms with van der Waals surface area (Å²) in [4.78, 5) is 12.1. The maximum atomic E-state index is 12.1. The van der Waals surface area contributed by atoms with Crippen molar-refractivity contribution in [2.24, 2.45) is 7.05 Å². The Morgan fingerprint density at radius 2 is 2.00 bits per heavy atom. The van der Waals surface area contributed by atoms with Crippen LogP contribution >= 0.6 is 0 Å². The van der Waals surface area contributed by atoms with Gasteiger partial charge in [-0.3, -0.25) is 14.2 Å². The molecule has 2 heterocycles. The molecule has 0 atom stereocenters. The number of rotatable bonds is 5. The van der Waals surface area contributed by atoms with Gasteiger partial charge in [0.1, 0.15) is 0 Å². The van der Waals surface area contributed by atoms with E-state index in [1.165, 1.54) is 0 Å². The van der Waals surface area contributed by atoms with E-state index in [-0.39, 0.29) is 5.91 Å². The van der Waals surface area contributed by atoms with Crippen LogP contribution in [0.2, 0.25) is 0 Å². The van der Waals surface area contributed by atoms with Crippen molar-refractivity contribution in [1.82, 2.24) is 24.9 Å². The summed E-state index contributed by atoms with van der Waals surface area (Å²) in [6, 6.07) is 2.00. The number of aromatic nitrogens is 4. The summed E-state index contributed by atoms with van der Waals surface area (Å²) in [5, 5.41) is 11.7. The number of nitrogens with one attached hydrogen (secondary N) is 1. The molecule has 0 saturated carbocycles. The molecular weight excluding hydrogens is 266 g/mol. The lowest BCUT2D eigenvalue weighted by Gasteiger charge is -2.07. The van der Waals surface area contributed by atoms with Crippen molar-refractivity contribution in [3.63, 3.8) is 0 Å². The molecule has 2 aromatic heterocycles. The third kappa shape index (κ3) is 3.32. The van der Waals surface area contributed by atoms with Gasteiger partial charge in [-0.25, -0.2) is 0 Å². The monoisotopic (exact) mass is 289 g/mol. The van der Waals surface area contributed by atoms with Crippen LogP contribution in [0.3, 0.4) is 0 Å². The maximum Gasteiger partial charge on any atom is 0.224 e. The molecule has 0 saturated heterocycles. The SMILES string of the molecule is CCn1nc(C)cc1CNC(=O)Cc1c(C)nn(C)c1C. The minimum absolute atomic E-state index is 0.00991. The minimum atomic E-state index is 0.00991. The Labute approximate surface area is 125 Å². The molecule has 114 valence electrons. The lowest BCUT2D eigenvalue weighted by atomic mass is 10.1. The average molecular weight is 289 g/mol. The molecule has 0 radical (unpaired) electrons. The molecule has 0 unspecified atom stereocenters. The van der Waals surface area contributed by atoms with Gasteiger partial charge in [0.2, 0.25) is 5.91 Å². The Balaban J connectivity index is 1.99. The second-order valence-corrected chi connectivity index (χ2v) is 5.32. The Hall–Kier alpha value is -2.11. The lowest BCUT2D eigenvalue weighted by Crippen LogP contribution is -2.26. The van der Waals surface area contributed by atoms with Crippen molar-refractivity contribution >= 4 is 5.91 Å². The van der Waals surface area contributed by atoms with Crippen molar-refractivity contribution in [1.29, 1.82) is 0 Å². The normalized spacial score (nSPS) is 10.9. The molecule has 0 aromatic carbocycles. The number of amides is 1. The van der Waals surface area contributed by atoms with Crippen LogP contribution in [0.4, 0.5) is 0 Å². The second kappa shape index (κ2) is 6.11. The smallest absolute Gasteiger partial charge is 0.224 e. The number of hydrogen-bond acceptors (Lipinski definition) is 3. The molecule has 2 rings (SSSR count). The van der Waals surface area contributed by atoms with Crippen molar-refractivity contribution in [3.05, 3.63) is 34.4 Å². The van der Waals surface area contributed by atoms with E-state index in [2.05, 4.69) is 15.5 Å². The first-order valence-corrected chi connectivity index (χ1v) is 7.21. The molecular formula is C15H23N5O. The lowest BCUT2D eigenvalue weighted by molar-refractivity contribution is -0.120. The number of carbonyl (C=O) groups excluding carboxylic acids is 1. The molecule has 1 N–H and O–H groups in total. The van der Waals surface area contributed by atoms with Gasteiger partial charge in [-0.15, -0.1) is 0 Å². The first-order chi connectivity index (χ1) is 9.92. The topological polar surface area (TPSA) is 64.7 Å². The fourth-order valence-electron chi connectivity index (χ4n) is 2.50. The van der Waals surface area contributed by atoms with Crippen LogP contribution in [0.25, 0.3) is 0 Å². The van der Waals surface area contributed by atoms with Crippen LogP contribution in [-0.4, -0.2) is 25.5 Å². The van der Waals surface area contributed by atoms with Gasteiger partial charge in [0.15, 0.2) is 0 Å². The average Bonchev–Trinajstić information content (AvgIpc) is 2.91. The van der Waals surface area contributed by atoms with E-state index < -0.39 is 0 Å². The van der Waals surface area contributed by atoms with Crippen molar-refractivity contribution < 1.29 is 4.79 Å². The summed E-state index contributed by atoms with van der Waals surface area (Å²) in [5.74, 6) is 0.00991. The zero-order valence-electron chi connectivity index (χ0n) is 13.4. The third-order valence-electron chi connectivity index (χ3n) is 3.75. The predicted molar refractivity (Wildman–Crippen MR) is 80.9 cm³/mol. The van der Waals surface area contributed by atoms with E-state index in [0.717, 1.165) is 34.9 Å². The highest BCUT2D eigenvalue weighted by Crippen LogP contribution is 2.12. The molecule has 0 aliphatic carbocycles. The van der Waals surface area contributed by atoms with Gasteiger partial charge >= 0.3 is 0 Å². The summed E-state index contributed by atoms with van der Waals surface area (Å²) in [7, 11) is 1.90. The van der Waals surface area contributed by atoms with Crippen molar-refractivity contribution in [2.75, 3.05) is 0 Å². The fourth-order valence-corrected chi connectivity index (χ4v) is 2.50. The Morgan fingerprint density at radius 3 is 2.57 bits per heavy atom. The molecule has 6 heteroatoms. The molecule has 0 fully saturated rings. The molecule has 21 heavy (non-hydrogen) atoms. The van der Waals surface area contributed by atoms with Crippen LogP contribution in [0.1, 0.15) is 35.3 Å². The molecule has 6 nitrogen and oxygen atoms in total. The van der Waals surface area contributed by atoms with Gasteiger partial charge in [-0.1, -0.05) is 0 Å². The first-order valence-electron chi connectivity index (χ1n) is 7.21. The molecule has 0 aliphatic rings. The summed E-state index contributed by atoms with van der Waals surface area (Å²) in [5.41, 5.74) is 4.97. The number of aryl methyl sites for hydroxylation is 4. The highest BCUT2D eigenvalue weighted by Gasteiger charge is 2.14. The standard InChI is InChI=1S/C15H23N5O/c1-6-20-13(7-10(2)17-20)9-16-15(21)8-14-11(3)18-19(5)12(14)4/h7H,6,8-9H2,1-5H3,(H,16,21). The summed E-state index contributed by atoms with van der Waals surface area (Å²) in [6.45, 7) is 9.23. The zero-order valence-corrected chi connectivity index (χ0v) is 13.4. The first kappa shape index (κ1) is 15.3. The van der Waals surface area contributed by atoms with Crippen LogP contribution in [0.15, 0.2) is 6.07 Å². The third-order valence-corrected chi connectivity index (χ3v) is 3.75. The van der Waals surface area contributed by atoms with Gasteiger partial charge in [-0.2, -0.15) is 10.2 Å². The second-order valence-electron chi connectivity index (χ2n) is 5.32. The summed E-state index contributed by atoms with van der Waals surface area (Å²) < 4.78 is 3.73. The Morgan fingerprint density at radius 1 is 1.29 bits per heavy atom. The number of nitrogens with zero attached hydrogens (tertiary/aromatic N) is 4. The van der Waals surface area contributed by atoms with E-state index in [1.807, 2.05) is 50.2 Å². The van der Waals surface area contributed by atoms with Crippen LogP contribution < -0.4 is 5.32 Å². The quantitative estimate of drug-likeness (QED) is 0.905. The van der Waals surface area contributed by atoms with E-state index in [4.69, 9.17) is 0 Å². The largest absolute Gasteiger partial charge is 0.350 e. The molecule has 1 amide bonds. The summed E-state index contributed by atoms with van der Waals surface area (Å²) in [6.07, 6.45) is 0.366. The summed E-state index contributed by atoms with van der Waals surface area (Å²) >= 11 is 0. The molecule has 0 aliphatic heterocycles. The van der Waals surface area contributed by atoms with Crippen LogP contribution in [0.5, 0.6) is 0 Å². The maximum absolute atomic E-state index is 12.1. The van der Waals surface area contributed by atoms with Crippen molar-refractivity contribution in [3.8, 4) is 0 Å². The highest BCUT2D eigenvalue weighted by atomic mass is 16.1. The van der Waals surface area contributed by atoms with E-state index >= 15 is 0 Å². The minimum Gasteiger partial charge on any atom is -0.350 e. The Bertz CT molecular complexity index is 653. The van der Waals surface area contributed by atoms with Gasteiger partial charge in [0, 0.05) is 24.8 Å². The Kier molecular flexibility index (Phi) is 4.45. The highest BCUT2D eigenvalue weighted by molar-refractivity contribution is 5.79. The number of carbonyl (C=O) groups is 1. The van der Waals surface area contributed by atoms with Gasteiger partial charge in [0.25, 0.3) is 0 Å².